The van der Waals surface area contributed by atoms with Crippen molar-refractivity contribution >= 4 is 44.7 Å². The van der Waals surface area contributed by atoms with Gasteiger partial charge in [-0.25, -0.2) is 4.98 Å². The largest absolute Gasteiger partial charge is 0.368 e. The van der Waals surface area contributed by atoms with E-state index in [9.17, 15) is 4.79 Å². The molecule has 0 aliphatic carbocycles. The van der Waals surface area contributed by atoms with E-state index in [4.69, 9.17) is 17.3 Å². The van der Waals surface area contributed by atoms with Crippen molar-refractivity contribution in [2.75, 3.05) is 18.4 Å². The van der Waals surface area contributed by atoms with Gasteiger partial charge in [0.05, 0.1) is 10.3 Å². The van der Waals surface area contributed by atoms with E-state index in [1.54, 1.807) is 17.5 Å². The number of aromatic nitrogens is 1. The number of hydrogen-bond donors (Lipinski definition) is 3. The zero-order valence-corrected chi connectivity index (χ0v) is 15.7. The van der Waals surface area contributed by atoms with Gasteiger partial charge in [-0.1, -0.05) is 23.7 Å². The van der Waals surface area contributed by atoms with Gasteiger partial charge in [-0.15, -0.1) is 11.3 Å². The van der Waals surface area contributed by atoms with Gasteiger partial charge in [0, 0.05) is 34.1 Å². The molecule has 0 radical (unpaired) electrons. The molecule has 0 saturated carbocycles. The van der Waals surface area contributed by atoms with Gasteiger partial charge >= 0.3 is 0 Å². The number of carbonyl (C=O) groups is 1. The maximum absolute atomic E-state index is 11.8. The molecule has 1 aliphatic rings. The van der Waals surface area contributed by atoms with Crippen LogP contribution in [0.2, 0.25) is 5.02 Å². The topological polar surface area (TPSA) is 80.0 Å². The Morgan fingerprint density at radius 2 is 2.19 bits per heavy atom. The molecule has 1 aromatic carbocycles. The number of nitrogens with zero attached hydrogens (tertiary/aromatic N) is 1. The molecule has 1 saturated heterocycles. The smallest absolute Gasteiger partial charge is 0.251 e. The fraction of sp³-hybridized carbons (Fsp3) is 0.263. The highest BCUT2D eigenvalue weighted by molar-refractivity contribution is 7.22. The summed E-state index contributed by atoms with van der Waals surface area (Å²) in [5, 5.41) is 8.52. The van der Waals surface area contributed by atoms with Gasteiger partial charge in [-0.3, -0.25) is 4.79 Å². The van der Waals surface area contributed by atoms with Crippen molar-refractivity contribution in [2.45, 2.75) is 18.9 Å². The van der Waals surface area contributed by atoms with Gasteiger partial charge < -0.3 is 16.4 Å². The molecule has 1 fully saturated rings. The van der Waals surface area contributed by atoms with Crippen LogP contribution in [0.25, 0.3) is 20.5 Å². The van der Waals surface area contributed by atoms with Crippen LogP contribution in [0.3, 0.4) is 0 Å². The van der Waals surface area contributed by atoms with Crippen molar-refractivity contribution in [2.24, 2.45) is 5.73 Å². The summed E-state index contributed by atoms with van der Waals surface area (Å²) in [7, 11) is 0. The predicted molar refractivity (Wildman–Crippen MR) is 108 cm³/mol. The SMILES string of the molecule is NC(=O)c1cnc(NC[C@@H]2CCCN2)c2cc(-c3ccc(Cl)cc3)sc12. The lowest BCUT2D eigenvalue weighted by atomic mass is 10.1. The van der Waals surface area contributed by atoms with E-state index in [2.05, 4.69) is 21.7 Å². The number of thiophene rings is 1. The summed E-state index contributed by atoms with van der Waals surface area (Å²) < 4.78 is 0.860. The number of pyridine rings is 1. The quantitative estimate of drug-likeness (QED) is 0.621. The summed E-state index contributed by atoms with van der Waals surface area (Å²) in [6.07, 6.45) is 3.93. The van der Waals surface area contributed by atoms with E-state index in [1.807, 2.05) is 24.3 Å². The molecular weight excluding hydrogens is 368 g/mol. The molecule has 1 amide bonds. The summed E-state index contributed by atoms with van der Waals surface area (Å²) in [6, 6.07) is 10.2. The Balaban J connectivity index is 1.73. The molecule has 0 unspecified atom stereocenters. The lowest BCUT2D eigenvalue weighted by Gasteiger charge is -2.13. The zero-order chi connectivity index (χ0) is 18.1. The molecule has 4 rings (SSSR count). The fourth-order valence-electron chi connectivity index (χ4n) is 3.25. The van der Waals surface area contributed by atoms with Crippen molar-refractivity contribution < 1.29 is 4.79 Å². The minimum Gasteiger partial charge on any atom is -0.368 e. The van der Waals surface area contributed by atoms with Crippen molar-refractivity contribution in [1.29, 1.82) is 0 Å². The van der Waals surface area contributed by atoms with E-state index in [0.717, 1.165) is 45.9 Å². The Morgan fingerprint density at radius 3 is 2.88 bits per heavy atom. The third-order valence-electron chi connectivity index (χ3n) is 4.63. The summed E-state index contributed by atoms with van der Waals surface area (Å²) in [4.78, 5) is 17.3. The number of primary amides is 1. The molecule has 5 nitrogen and oxygen atoms in total. The van der Waals surface area contributed by atoms with Gasteiger partial charge in [-0.05, 0) is 43.1 Å². The summed E-state index contributed by atoms with van der Waals surface area (Å²) in [5.41, 5.74) is 7.05. The standard InChI is InChI=1S/C19H19ClN4OS/c20-12-5-3-11(4-6-12)16-8-14-17(26-16)15(18(21)25)10-24-19(14)23-9-13-2-1-7-22-13/h3-6,8,10,13,22H,1-2,7,9H2,(H2,21,25)(H,23,24)/t13-/m0/s1. The predicted octanol–water partition coefficient (Wildman–Crippen LogP) is 3.88. The molecule has 0 spiro atoms. The van der Waals surface area contributed by atoms with E-state index in [-0.39, 0.29) is 0 Å². The van der Waals surface area contributed by atoms with Crippen molar-refractivity contribution in [3.8, 4) is 10.4 Å². The van der Waals surface area contributed by atoms with Crippen LogP contribution in [0.5, 0.6) is 0 Å². The number of amides is 1. The van der Waals surface area contributed by atoms with Crippen LogP contribution in [0.15, 0.2) is 36.5 Å². The first kappa shape index (κ1) is 17.3. The van der Waals surface area contributed by atoms with Crippen molar-refractivity contribution in [3.05, 3.63) is 47.1 Å². The lowest BCUT2D eigenvalue weighted by Crippen LogP contribution is -2.29. The van der Waals surface area contributed by atoms with Gasteiger partial charge in [-0.2, -0.15) is 0 Å². The number of rotatable bonds is 5. The highest BCUT2D eigenvalue weighted by Gasteiger charge is 2.18. The maximum atomic E-state index is 11.8. The number of fused-ring (bicyclic) bond motifs is 1. The van der Waals surface area contributed by atoms with Crippen molar-refractivity contribution in [1.82, 2.24) is 10.3 Å². The lowest BCUT2D eigenvalue weighted by molar-refractivity contribution is 0.100. The number of anilines is 1. The molecule has 26 heavy (non-hydrogen) atoms. The van der Waals surface area contributed by atoms with Gasteiger partial charge in [0.2, 0.25) is 0 Å². The van der Waals surface area contributed by atoms with Crippen LogP contribution in [-0.4, -0.2) is 30.0 Å². The average Bonchev–Trinajstić information content (AvgIpc) is 3.29. The van der Waals surface area contributed by atoms with Crippen molar-refractivity contribution in [3.63, 3.8) is 0 Å². The maximum Gasteiger partial charge on any atom is 0.251 e. The minimum absolute atomic E-state index is 0.453. The molecule has 1 aliphatic heterocycles. The normalized spacial score (nSPS) is 16.9. The number of hydrogen-bond acceptors (Lipinski definition) is 5. The van der Waals surface area contributed by atoms with Crippen LogP contribution in [0.1, 0.15) is 23.2 Å². The summed E-state index contributed by atoms with van der Waals surface area (Å²) >= 11 is 7.53. The van der Waals surface area contributed by atoms with Crippen LogP contribution in [-0.2, 0) is 0 Å². The van der Waals surface area contributed by atoms with E-state index >= 15 is 0 Å². The zero-order valence-electron chi connectivity index (χ0n) is 14.1. The molecule has 0 bridgehead atoms. The number of carbonyl (C=O) groups excluding carboxylic acids is 1. The highest BCUT2D eigenvalue weighted by Crippen LogP contribution is 2.38. The molecular formula is C19H19ClN4OS. The van der Waals surface area contributed by atoms with Gasteiger partial charge in [0.1, 0.15) is 5.82 Å². The molecule has 3 aromatic rings. The molecule has 134 valence electrons. The first-order chi connectivity index (χ1) is 12.6. The van der Waals surface area contributed by atoms with E-state index in [1.165, 1.54) is 6.42 Å². The van der Waals surface area contributed by atoms with E-state index in [0.29, 0.717) is 16.6 Å². The molecule has 4 N–H and O–H groups in total. The van der Waals surface area contributed by atoms with Crippen LogP contribution in [0, 0.1) is 0 Å². The average molecular weight is 387 g/mol. The summed E-state index contributed by atoms with van der Waals surface area (Å²) in [5.74, 6) is 0.325. The van der Waals surface area contributed by atoms with Gasteiger partial charge in [0.25, 0.3) is 5.91 Å². The number of benzene rings is 1. The second kappa shape index (κ2) is 7.23. The monoisotopic (exact) mass is 386 g/mol. The highest BCUT2D eigenvalue weighted by atomic mass is 35.5. The van der Waals surface area contributed by atoms with Crippen LogP contribution in [0.4, 0.5) is 5.82 Å². The Hall–Kier alpha value is -2.15. The Bertz CT molecular complexity index is 948. The number of halogens is 1. The first-order valence-corrected chi connectivity index (χ1v) is 9.77. The summed E-state index contributed by atoms with van der Waals surface area (Å²) in [6.45, 7) is 1.87. The van der Waals surface area contributed by atoms with Crippen LogP contribution >= 0.6 is 22.9 Å². The number of nitrogens with two attached hydrogens (primary N) is 1. The second-order valence-corrected chi connectivity index (χ2v) is 7.91. The second-order valence-electron chi connectivity index (χ2n) is 6.42. The Kier molecular flexibility index (Phi) is 4.80. The van der Waals surface area contributed by atoms with E-state index < -0.39 is 5.91 Å². The van der Waals surface area contributed by atoms with Crippen LogP contribution < -0.4 is 16.4 Å². The molecule has 1 atom stereocenters. The number of nitrogens with one attached hydrogen (secondary N) is 2. The molecule has 7 heteroatoms. The molecule has 3 heterocycles. The Morgan fingerprint density at radius 1 is 1.38 bits per heavy atom. The minimum atomic E-state index is -0.462. The third-order valence-corrected chi connectivity index (χ3v) is 6.10. The molecule has 2 aromatic heterocycles. The third kappa shape index (κ3) is 3.40. The Labute approximate surface area is 160 Å². The van der Waals surface area contributed by atoms with Gasteiger partial charge in [0.15, 0.2) is 0 Å². The first-order valence-electron chi connectivity index (χ1n) is 8.57. The fourth-order valence-corrected chi connectivity index (χ4v) is 4.55.